The van der Waals surface area contributed by atoms with Gasteiger partial charge in [-0.1, -0.05) is 140 Å². The van der Waals surface area contributed by atoms with Crippen molar-refractivity contribution in [3.8, 4) is 67.8 Å². The lowest BCUT2D eigenvalue weighted by atomic mass is 10.0. The van der Waals surface area contributed by atoms with Crippen LogP contribution in [0.5, 0.6) is 0 Å². The maximum Gasteiger partial charge on any atom is 0.178 e. The summed E-state index contributed by atoms with van der Waals surface area (Å²) in [6.07, 6.45) is 1.85. The third kappa shape index (κ3) is 6.02. The Labute approximate surface area is 311 Å². The van der Waals surface area contributed by atoms with E-state index in [2.05, 4.69) is 102 Å². The first-order valence-electron chi connectivity index (χ1n) is 17.9. The number of pyridine rings is 2. The maximum atomic E-state index is 5.12. The van der Waals surface area contributed by atoms with Crippen molar-refractivity contribution in [2.24, 2.45) is 0 Å². The highest BCUT2D eigenvalue weighted by Gasteiger charge is 2.12. The smallest absolute Gasteiger partial charge is 0.178 e. The summed E-state index contributed by atoms with van der Waals surface area (Å²) in [5, 5.41) is 3.14. The Bertz CT molecular complexity index is 2920. The van der Waals surface area contributed by atoms with Crippen molar-refractivity contribution in [2.45, 2.75) is 0 Å². The van der Waals surface area contributed by atoms with Gasteiger partial charge >= 0.3 is 0 Å². The second kappa shape index (κ2) is 13.3. The molecule has 6 nitrogen and oxygen atoms in total. The molecule has 0 N–H and O–H groups in total. The van der Waals surface area contributed by atoms with Crippen LogP contribution in [0, 0.1) is 0 Å². The fourth-order valence-corrected chi connectivity index (χ4v) is 6.85. The zero-order valence-electron chi connectivity index (χ0n) is 29.0. The molecule has 0 atom stereocenters. The van der Waals surface area contributed by atoms with Gasteiger partial charge in [-0.3, -0.25) is 0 Å². The van der Waals surface area contributed by atoms with Gasteiger partial charge in [-0.2, -0.15) is 0 Å². The molecular formula is C48H30N6. The summed E-state index contributed by atoms with van der Waals surface area (Å²) in [4.78, 5) is 29.4. The van der Waals surface area contributed by atoms with E-state index in [1.165, 1.54) is 0 Å². The van der Waals surface area contributed by atoms with Crippen molar-refractivity contribution in [2.75, 3.05) is 0 Å². The maximum absolute atomic E-state index is 5.12. The quantitative estimate of drug-likeness (QED) is 0.173. The van der Waals surface area contributed by atoms with Crippen LogP contribution in [0.15, 0.2) is 182 Å². The summed E-state index contributed by atoms with van der Waals surface area (Å²) in [6, 6.07) is 60.0. The van der Waals surface area contributed by atoms with E-state index in [1.807, 2.05) is 85.1 Å². The molecule has 0 spiro atoms. The Balaban J connectivity index is 0.964. The molecule has 10 rings (SSSR count). The van der Waals surface area contributed by atoms with Gasteiger partial charge in [0.15, 0.2) is 11.6 Å². The van der Waals surface area contributed by atoms with E-state index < -0.39 is 0 Å². The van der Waals surface area contributed by atoms with Gasteiger partial charge < -0.3 is 0 Å². The molecule has 6 aromatic carbocycles. The number of para-hydroxylation sites is 1. The Morgan fingerprint density at radius 2 is 0.759 bits per heavy atom. The minimum atomic E-state index is 0.613. The molecule has 4 aromatic heterocycles. The van der Waals surface area contributed by atoms with Gasteiger partial charge in [-0.25, -0.2) is 29.9 Å². The Morgan fingerprint density at radius 3 is 1.43 bits per heavy atom. The van der Waals surface area contributed by atoms with Crippen LogP contribution in [-0.2, 0) is 0 Å². The highest BCUT2D eigenvalue weighted by molar-refractivity contribution is 5.90. The van der Waals surface area contributed by atoms with E-state index in [0.29, 0.717) is 11.6 Å². The number of fused-ring (bicyclic) bond motifs is 3. The number of hydrogen-bond acceptors (Lipinski definition) is 6. The van der Waals surface area contributed by atoms with Gasteiger partial charge in [0.2, 0.25) is 0 Å². The summed E-state index contributed by atoms with van der Waals surface area (Å²) < 4.78 is 0. The fourth-order valence-electron chi connectivity index (χ4n) is 6.85. The zero-order valence-corrected chi connectivity index (χ0v) is 29.0. The number of hydrogen-bond donors (Lipinski definition) is 0. The van der Waals surface area contributed by atoms with Crippen LogP contribution >= 0.6 is 0 Å². The highest BCUT2D eigenvalue weighted by Crippen LogP contribution is 2.32. The summed E-state index contributed by atoms with van der Waals surface area (Å²) in [7, 11) is 0. The number of nitrogens with zero attached hydrogens (tertiary/aromatic N) is 6. The molecule has 0 saturated carbocycles. The Morgan fingerprint density at radius 1 is 0.259 bits per heavy atom. The predicted molar refractivity (Wildman–Crippen MR) is 218 cm³/mol. The van der Waals surface area contributed by atoms with Crippen molar-refractivity contribution in [1.29, 1.82) is 0 Å². The van der Waals surface area contributed by atoms with Crippen LogP contribution in [0.3, 0.4) is 0 Å². The van der Waals surface area contributed by atoms with Crippen LogP contribution in [0.2, 0.25) is 0 Å². The molecule has 0 aliphatic rings. The SMILES string of the molecule is c1ccc(-c2cc(-c3ccc(-c4ccc5ccc(-c6ccc7ccc(-c8ncc9ccccc9n8)nc7c6)cc5n4)cc3)nc(-c3ccccc3)n2)cc1. The molecule has 0 saturated heterocycles. The molecule has 6 heteroatoms. The molecule has 0 bridgehead atoms. The summed E-state index contributed by atoms with van der Waals surface area (Å²) in [5.41, 5.74) is 12.3. The van der Waals surface area contributed by atoms with Crippen LogP contribution in [0.1, 0.15) is 0 Å². The molecule has 10 aromatic rings. The van der Waals surface area contributed by atoms with Crippen molar-refractivity contribution in [3.63, 3.8) is 0 Å². The molecule has 54 heavy (non-hydrogen) atoms. The summed E-state index contributed by atoms with van der Waals surface area (Å²) in [5.74, 6) is 1.31. The van der Waals surface area contributed by atoms with Gasteiger partial charge in [0, 0.05) is 44.6 Å². The fraction of sp³-hybridized carbons (Fsp3) is 0. The molecule has 0 aliphatic heterocycles. The summed E-state index contributed by atoms with van der Waals surface area (Å²) in [6.45, 7) is 0. The molecule has 0 fully saturated rings. The van der Waals surface area contributed by atoms with Crippen molar-refractivity contribution < 1.29 is 0 Å². The van der Waals surface area contributed by atoms with E-state index in [4.69, 9.17) is 24.9 Å². The Kier molecular flexibility index (Phi) is 7.69. The molecule has 252 valence electrons. The van der Waals surface area contributed by atoms with E-state index >= 15 is 0 Å². The molecule has 0 amide bonds. The van der Waals surface area contributed by atoms with Gasteiger partial charge in [-0.15, -0.1) is 0 Å². The first-order chi connectivity index (χ1) is 26.7. The second-order valence-electron chi connectivity index (χ2n) is 13.2. The lowest BCUT2D eigenvalue weighted by Gasteiger charge is -2.10. The largest absolute Gasteiger partial charge is 0.248 e. The molecule has 4 heterocycles. The molecule has 0 aliphatic carbocycles. The number of benzene rings is 6. The molecular weight excluding hydrogens is 661 g/mol. The lowest BCUT2D eigenvalue weighted by molar-refractivity contribution is 1.18. The first-order valence-corrected chi connectivity index (χ1v) is 17.9. The van der Waals surface area contributed by atoms with Gasteiger partial charge in [0.1, 0.15) is 5.69 Å². The van der Waals surface area contributed by atoms with Gasteiger partial charge in [-0.05, 0) is 47.5 Å². The van der Waals surface area contributed by atoms with E-state index in [9.17, 15) is 0 Å². The zero-order chi connectivity index (χ0) is 35.8. The van der Waals surface area contributed by atoms with E-state index in [0.717, 1.165) is 88.9 Å². The van der Waals surface area contributed by atoms with Crippen molar-refractivity contribution in [3.05, 3.63) is 182 Å². The van der Waals surface area contributed by atoms with Crippen LogP contribution < -0.4 is 0 Å². The molecule has 0 unspecified atom stereocenters. The minimum absolute atomic E-state index is 0.613. The van der Waals surface area contributed by atoms with Crippen LogP contribution in [-0.4, -0.2) is 29.9 Å². The van der Waals surface area contributed by atoms with Gasteiger partial charge in [0.25, 0.3) is 0 Å². The monoisotopic (exact) mass is 690 g/mol. The third-order valence-corrected chi connectivity index (χ3v) is 9.74. The minimum Gasteiger partial charge on any atom is -0.248 e. The molecule has 0 radical (unpaired) electrons. The lowest BCUT2D eigenvalue weighted by Crippen LogP contribution is -1.96. The number of rotatable bonds is 6. The van der Waals surface area contributed by atoms with Crippen LogP contribution in [0.4, 0.5) is 0 Å². The highest BCUT2D eigenvalue weighted by atomic mass is 14.9. The van der Waals surface area contributed by atoms with Crippen molar-refractivity contribution >= 4 is 32.7 Å². The van der Waals surface area contributed by atoms with Gasteiger partial charge in [0.05, 0.1) is 33.6 Å². The standard InChI is InChI=1S/C48H30N6/c1-3-9-31(10-4-1)45-29-46(54-47(53-45)36-11-5-2-6-12-36)33-17-15-32(16-18-33)41-25-23-34-19-21-37(27-43(34)50-41)38-22-20-35-24-26-42(51-44(35)28-38)48-49-30-39-13-7-8-14-40(39)52-48/h1-30H. The second-order valence-corrected chi connectivity index (χ2v) is 13.2. The topological polar surface area (TPSA) is 77.3 Å². The normalized spacial score (nSPS) is 11.3. The van der Waals surface area contributed by atoms with E-state index in [-0.39, 0.29) is 0 Å². The van der Waals surface area contributed by atoms with E-state index in [1.54, 1.807) is 0 Å². The third-order valence-electron chi connectivity index (χ3n) is 9.74. The predicted octanol–water partition coefficient (Wildman–Crippen LogP) is 11.5. The Hall–Kier alpha value is -7.44. The van der Waals surface area contributed by atoms with Crippen molar-refractivity contribution in [1.82, 2.24) is 29.9 Å². The first kappa shape index (κ1) is 31.3. The average molecular weight is 691 g/mol. The number of aromatic nitrogens is 6. The summed E-state index contributed by atoms with van der Waals surface area (Å²) >= 11 is 0. The average Bonchev–Trinajstić information content (AvgIpc) is 3.26. The van der Waals surface area contributed by atoms with Crippen LogP contribution in [0.25, 0.3) is 101 Å².